The molecular formula is C11H14N2O3. The maximum atomic E-state index is 11.4. The fourth-order valence-corrected chi connectivity index (χ4v) is 1.38. The molecule has 5 nitrogen and oxygen atoms in total. The average molecular weight is 222 g/mol. The number of pyridine rings is 1. The number of hydrogen-bond acceptors (Lipinski definition) is 3. The Labute approximate surface area is 93.7 Å². The molecule has 1 aromatic heterocycles. The number of carbonyl (C=O) groups excluding carboxylic acids is 1. The minimum Gasteiger partial charge on any atom is -0.478 e. The monoisotopic (exact) mass is 222 g/mol. The van der Waals surface area contributed by atoms with Crippen molar-refractivity contribution in [3.05, 3.63) is 24.0 Å². The van der Waals surface area contributed by atoms with Gasteiger partial charge in [0.15, 0.2) is 0 Å². The number of rotatable bonds is 4. The summed E-state index contributed by atoms with van der Waals surface area (Å²) in [6, 6.07) is 1.45. The van der Waals surface area contributed by atoms with Crippen LogP contribution in [0.3, 0.4) is 0 Å². The van der Waals surface area contributed by atoms with E-state index < -0.39 is 5.97 Å². The van der Waals surface area contributed by atoms with Gasteiger partial charge in [-0.2, -0.15) is 0 Å². The van der Waals surface area contributed by atoms with Crippen LogP contribution in [0.2, 0.25) is 0 Å². The summed E-state index contributed by atoms with van der Waals surface area (Å²) < 4.78 is 0. The first-order chi connectivity index (χ1) is 7.56. The van der Waals surface area contributed by atoms with Crippen LogP contribution in [-0.4, -0.2) is 28.5 Å². The van der Waals surface area contributed by atoms with Gasteiger partial charge in [-0.3, -0.25) is 9.78 Å². The van der Waals surface area contributed by atoms with Crippen molar-refractivity contribution in [3.63, 3.8) is 0 Å². The van der Waals surface area contributed by atoms with Gasteiger partial charge in [-0.15, -0.1) is 0 Å². The SMILES string of the molecule is CCCN(C(C)=O)c1cncc(C(=O)O)c1. The molecule has 1 amide bonds. The van der Waals surface area contributed by atoms with Crippen molar-refractivity contribution in [1.29, 1.82) is 0 Å². The Hall–Kier alpha value is -1.91. The molecule has 0 aliphatic rings. The quantitative estimate of drug-likeness (QED) is 0.838. The molecule has 1 rings (SSSR count). The third-order valence-corrected chi connectivity index (χ3v) is 2.11. The standard InChI is InChI=1S/C11H14N2O3/c1-3-4-13(8(2)14)10-5-9(11(15)16)6-12-7-10/h5-7H,3-4H2,1-2H3,(H,15,16). The zero-order chi connectivity index (χ0) is 12.1. The van der Waals surface area contributed by atoms with Crippen LogP contribution in [0, 0.1) is 0 Å². The van der Waals surface area contributed by atoms with Crippen LogP contribution in [0.5, 0.6) is 0 Å². The van der Waals surface area contributed by atoms with Crippen LogP contribution < -0.4 is 4.90 Å². The first kappa shape index (κ1) is 12.2. The van der Waals surface area contributed by atoms with E-state index in [1.165, 1.54) is 30.3 Å². The maximum Gasteiger partial charge on any atom is 0.337 e. The number of amides is 1. The van der Waals surface area contributed by atoms with Crippen molar-refractivity contribution in [2.45, 2.75) is 20.3 Å². The maximum absolute atomic E-state index is 11.4. The minimum atomic E-state index is -1.05. The molecule has 0 aliphatic carbocycles. The lowest BCUT2D eigenvalue weighted by Crippen LogP contribution is -2.29. The normalized spacial score (nSPS) is 9.88. The summed E-state index contributed by atoms with van der Waals surface area (Å²) in [4.78, 5) is 27.5. The number of anilines is 1. The van der Waals surface area contributed by atoms with Crippen LogP contribution >= 0.6 is 0 Å². The number of carbonyl (C=O) groups is 2. The lowest BCUT2D eigenvalue weighted by Gasteiger charge is -2.20. The molecule has 0 saturated heterocycles. The molecule has 0 saturated carbocycles. The van der Waals surface area contributed by atoms with E-state index in [9.17, 15) is 9.59 Å². The molecular weight excluding hydrogens is 208 g/mol. The first-order valence-corrected chi connectivity index (χ1v) is 5.02. The van der Waals surface area contributed by atoms with E-state index in [-0.39, 0.29) is 11.5 Å². The zero-order valence-corrected chi connectivity index (χ0v) is 9.30. The molecule has 0 unspecified atom stereocenters. The second-order valence-electron chi connectivity index (χ2n) is 3.41. The predicted molar refractivity (Wildman–Crippen MR) is 59.5 cm³/mol. The molecule has 1 N–H and O–H groups in total. The number of hydrogen-bond donors (Lipinski definition) is 1. The van der Waals surface area contributed by atoms with Gasteiger partial charge >= 0.3 is 5.97 Å². The fourth-order valence-electron chi connectivity index (χ4n) is 1.38. The van der Waals surface area contributed by atoms with Gasteiger partial charge in [0.2, 0.25) is 5.91 Å². The zero-order valence-electron chi connectivity index (χ0n) is 9.30. The molecule has 86 valence electrons. The van der Waals surface area contributed by atoms with Gasteiger partial charge in [0.05, 0.1) is 17.4 Å². The molecule has 16 heavy (non-hydrogen) atoms. The van der Waals surface area contributed by atoms with Crippen LogP contribution in [0.1, 0.15) is 30.6 Å². The highest BCUT2D eigenvalue weighted by Crippen LogP contribution is 2.15. The lowest BCUT2D eigenvalue weighted by molar-refractivity contribution is -0.116. The third kappa shape index (κ3) is 2.79. The average Bonchev–Trinajstić information content (AvgIpc) is 2.25. The number of nitrogens with zero attached hydrogens (tertiary/aromatic N) is 2. The third-order valence-electron chi connectivity index (χ3n) is 2.11. The highest BCUT2D eigenvalue weighted by molar-refractivity contribution is 5.94. The number of aromatic carboxylic acids is 1. The van der Waals surface area contributed by atoms with Gasteiger partial charge < -0.3 is 10.0 Å². The molecule has 1 aromatic rings. The molecule has 0 fully saturated rings. The first-order valence-electron chi connectivity index (χ1n) is 5.02. The summed E-state index contributed by atoms with van der Waals surface area (Å²) >= 11 is 0. The van der Waals surface area contributed by atoms with E-state index >= 15 is 0 Å². The second-order valence-corrected chi connectivity index (χ2v) is 3.41. The lowest BCUT2D eigenvalue weighted by atomic mass is 10.2. The van der Waals surface area contributed by atoms with Crippen molar-refractivity contribution >= 4 is 17.6 Å². The van der Waals surface area contributed by atoms with Gasteiger partial charge in [-0.1, -0.05) is 6.92 Å². The molecule has 0 aliphatic heterocycles. The number of carboxylic acids is 1. The van der Waals surface area contributed by atoms with Crippen LogP contribution in [0.15, 0.2) is 18.5 Å². The molecule has 0 bridgehead atoms. The van der Waals surface area contributed by atoms with Crippen molar-refractivity contribution in [2.24, 2.45) is 0 Å². The van der Waals surface area contributed by atoms with Crippen molar-refractivity contribution in [2.75, 3.05) is 11.4 Å². The molecule has 0 aromatic carbocycles. The van der Waals surface area contributed by atoms with E-state index in [1.807, 2.05) is 6.92 Å². The summed E-state index contributed by atoms with van der Waals surface area (Å²) in [5.41, 5.74) is 0.606. The Morgan fingerprint density at radius 3 is 2.62 bits per heavy atom. The van der Waals surface area contributed by atoms with Crippen molar-refractivity contribution in [3.8, 4) is 0 Å². The summed E-state index contributed by atoms with van der Waals surface area (Å²) in [6.45, 7) is 3.95. The van der Waals surface area contributed by atoms with E-state index in [0.717, 1.165) is 6.42 Å². The molecule has 0 spiro atoms. The Balaban J connectivity index is 3.04. The van der Waals surface area contributed by atoms with E-state index in [1.54, 1.807) is 0 Å². The van der Waals surface area contributed by atoms with Crippen LogP contribution in [0.4, 0.5) is 5.69 Å². The molecule has 0 radical (unpaired) electrons. The van der Waals surface area contributed by atoms with Gasteiger partial charge in [-0.25, -0.2) is 4.79 Å². The summed E-state index contributed by atoms with van der Waals surface area (Å²) in [5, 5.41) is 8.82. The number of aromatic nitrogens is 1. The smallest absolute Gasteiger partial charge is 0.337 e. The van der Waals surface area contributed by atoms with Crippen LogP contribution in [0.25, 0.3) is 0 Å². The number of carboxylic acid groups (broad SMARTS) is 1. The van der Waals surface area contributed by atoms with E-state index in [4.69, 9.17) is 5.11 Å². The Morgan fingerprint density at radius 1 is 1.44 bits per heavy atom. The van der Waals surface area contributed by atoms with Crippen molar-refractivity contribution < 1.29 is 14.7 Å². The Bertz CT molecular complexity index is 404. The Kier molecular flexibility index (Phi) is 3.99. The van der Waals surface area contributed by atoms with Gasteiger partial charge in [-0.05, 0) is 12.5 Å². The fraction of sp³-hybridized carbons (Fsp3) is 0.364. The largest absolute Gasteiger partial charge is 0.478 e. The predicted octanol–water partition coefficient (Wildman–Crippen LogP) is 1.54. The van der Waals surface area contributed by atoms with Gasteiger partial charge in [0.1, 0.15) is 0 Å². The highest BCUT2D eigenvalue weighted by atomic mass is 16.4. The minimum absolute atomic E-state index is 0.0832. The summed E-state index contributed by atoms with van der Waals surface area (Å²) in [5.74, 6) is -1.17. The van der Waals surface area contributed by atoms with Crippen LogP contribution in [-0.2, 0) is 4.79 Å². The van der Waals surface area contributed by atoms with Gasteiger partial charge in [0.25, 0.3) is 0 Å². The highest BCUT2D eigenvalue weighted by Gasteiger charge is 2.12. The molecule has 5 heteroatoms. The molecule has 1 heterocycles. The molecule has 0 atom stereocenters. The van der Waals surface area contributed by atoms with E-state index in [0.29, 0.717) is 12.2 Å². The van der Waals surface area contributed by atoms with Gasteiger partial charge in [0, 0.05) is 19.7 Å². The Morgan fingerprint density at radius 2 is 2.12 bits per heavy atom. The summed E-state index contributed by atoms with van der Waals surface area (Å²) in [6.07, 6.45) is 3.55. The second kappa shape index (κ2) is 5.25. The van der Waals surface area contributed by atoms with Crippen molar-refractivity contribution in [1.82, 2.24) is 4.98 Å². The summed E-state index contributed by atoms with van der Waals surface area (Å²) in [7, 11) is 0. The topological polar surface area (TPSA) is 70.5 Å². The van der Waals surface area contributed by atoms with E-state index in [2.05, 4.69) is 4.98 Å².